The summed E-state index contributed by atoms with van der Waals surface area (Å²) in [5.74, 6) is -0.349. The number of hydrogen-bond donors (Lipinski definition) is 1. The van der Waals surface area contributed by atoms with Gasteiger partial charge in [0.2, 0.25) is 0 Å². The molecular formula is C17H19F2N2+. The van der Waals surface area contributed by atoms with E-state index in [1.165, 1.54) is 23.1 Å². The average Bonchev–Trinajstić information content (AvgIpc) is 2.51. The fourth-order valence-electron chi connectivity index (χ4n) is 2.84. The number of nitrogens with one attached hydrogen (secondary N) is 1. The number of anilines is 1. The molecule has 1 aliphatic heterocycles. The molecule has 1 heterocycles. The minimum absolute atomic E-state index is 0.153. The maximum atomic E-state index is 13.8. The lowest BCUT2D eigenvalue weighted by atomic mass is 10.2. The van der Waals surface area contributed by atoms with Crippen molar-refractivity contribution in [2.24, 2.45) is 0 Å². The Labute approximate surface area is 123 Å². The van der Waals surface area contributed by atoms with Crippen molar-refractivity contribution in [1.82, 2.24) is 0 Å². The van der Waals surface area contributed by atoms with Crippen LogP contribution in [-0.4, -0.2) is 26.2 Å². The van der Waals surface area contributed by atoms with Gasteiger partial charge in [-0.15, -0.1) is 0 Å². The summed E-state index contributed by atoms with van der Waals surface area (Å²) in [5.41, 5.74) is 1.84. The first-order chi connectivity index (χ1) is 10.2. The van der Waals surface area contributed by atoms with Crippen molar-refractivity contribution in [2.45, 2.75) is 6.54 Å². The second-order valence-electron chi connectivity index (χ2n) is 5.49. The van der Waals surface area contributed by atoms with Gasteiger partial charge in [0.15, 0.2) is 0 Å². The highest BCUT2D eigenvalue weighted by Crippen LogP contribution is 2.18. The topological polar surface area (TPSA) is 7.68 Å². The number of quaternary nitrogens is 1. The summed E-state index contributed by atoms with van der Waals surface area (Å²) in [6.45, 7) is 4.51. The Morgan fingerprint density at radius 3 is 2.24 bits per heavy atom. The van der Waals surface area contributed by atoms with Crippen LogP contribution in [0.3, 0.4) is 0 Å². The Morgan fingerprint density at radius 2 is 1.57 bits per heavy atom. The molecule has 1 N–H and O–H groups in total. The fourth-order valence-corrected chi connectivity index (χ4v) is 2.84. The van der Waals surface area contributed by atoms with Crippen molar-refractivity contribution >= 4 is 5.69 Å². The molecule has 0 amide bonds. The predicted octanol–water partition coefficient (Wildman–Crippen LogP) is 1.87. The van der Waals surface area contributed by atoms with Crippen LogP contribution in [0.25, 0.3) is 0 Å². The van der Waals surface area contributed by atoms with Gasteiger partial charge in [-0.25, -0.2) is 8.78 Å². The Morgan fingerprint density at radius 1 is 0.905 bits per heavy atom. The molecule has 1 aliphatic rings. The van der Waals surface area contributed by atoms with Crippen LogP contribution in [0.5, 0.6) is 0 Å². The van der Waals surface area contributed by atoms with Crippen LogP contribution in [-0.2, 0) is 6.54 Å². The number of para-hydroxylation sites is 1. The van der Waals surface area contributed by atoms with Crippen LogP contribution in [0.4, 0.5) is 14.5 Å². The van der Waals surface area contributed by atoms with Crippen molar-refractivity contribution in [2.75, 3.05) is 31.1 Å². The van der Waals surface area contributed by atoms with Crippen molar-refractivity contribution in [3.05, 3.63) is 65.7 Å². The first-order valence-corrected chi connectivity index (χ1v) is 7.30. The molecule has 1 fully saturated rings. The molecule has 4 heteroatoms. The molecule has 0 aliphatic carbocycles. The molecule has 0 bridgehead atoms. The summed E-state index contributed by atoms with van der Waals surface area (Å²) in [6.07, 6.45) is 0. The van der Waals surface area contributed by atoms with E-state index in [4.69, 9.17) is 0 Å². The van der Waals surface area contributed by atoms with Gasteiger partial charge in [0.25, 0.3) is 0 Å². The van der Waals surface area contributed by atoms with Crippen LogP contribution < -0.4 is 9.80 Å². The normalized spacial score (nSPS) is 16.2. The molecule has 21 heavy (non-hydrogen) atoms. The van der Waals surface area contributed by atoms with Gasteiger partial charge < -0.3 is 9.80 Å². The Hall–Kier alpha value is -1.94. The molecule has 110 valence electrons. The van der Waals surface area contributed by atoms with Crippen molar-refractivity contribution in [1.29, 1.82) is 0 Å². The molecule has 0 spiro atoms. The van der Waals surface area contributed by atoms with E-state index < -0.39 is 0 Å². The minimum atomic E-state index is -0.196. The van der Waals surface area contributed by atoms with Crippen molar-refractivity contribution in [3.63, 3.8) is 0 Å². The summed E-state index contributed by atoms with van der Waals surface area (Å²) in [5, 5.41) is 0. The summed E-state index contributed by atoms with van der Waals surface area (Å²) in [4.78, 5) is 3.55. The zero-order valence-corrected chi connectivity index (χ0v) is 11.9. The number of halogens is 2. The summed E-state index contributed by atoms with van der Waals surface area (Å²) in [7, 11) is 0. The first kappa shape index (κ1) is 14.0. The van der Waals surface area contributed by atoms with E-state index in [-0.39, 0.29) is 11.6 Å². The predicted molar refractivity (Wildman–Crippen MR) is 79.4 cm³/mol. The molecule has 0 saturated carbocycles. The van der Waals surface area contributed by atoms with Crippen LogP contribution in [0.15, 0.2) is 48.5 Å². The van der Waals surface area contributed by atoms with Crippen LogP contribution in [0, 0.1) is 11.6 Å². The standard InChI is InChI=1S/C17H18F2N2/c18-15-7-5-14(6-8-15)13-20-9-11-21(12-10-20)17-4-2-1-3-16(17)19/h1-8H,9-13H2/p+1. The maximum Gasteiger partial charge on any atom is 0.146 e. The number of benzene rings is 2. The highest BCUT2D eigenvalue weighted by molar-refractivity contribution is 5.47. The highest BCUT2D eigenvalue weighted by Gasteiger charge is 2.21. The molecule has 2 aromatic carbocycles. The van der Waals surface area contributed by atoms with E-state index in [0.29, 0.717) is 5.69 Å². The summed E-state index contributed by atoms with van der Waals surface area (Å²) in [6, 6.07) is 13.6. The summed E-state index contributed by atoms with van der Waals surface area (Å²) < 4.78 is 26.7. The lowest BCUT2D eigenvalue weighted by Crippen LogP contribution is -3.13. The number of piperazine rings is 1. The van der Waals surface area contributed by atoms with E-state index >= 15 is 0 Å². The van der Waals surface area contributed by atoms with Gasteiger partial charge in [-0.1, -0.05) is 24.3 Å². The second-order valence-corrected chi connectivity index (χ2v) is 5.49. The fraction of sp³-hybridized carbons (Fsp3) is 0.294. The van der Waals surface area contributed by atoms with Gasteiger partial charge in [0, 0.05) is 5.56 Å². The van der Waals surface area contributed by atoms with E-state index in [0.717, 1.165) is 38.3 Å². The highest BCUT2D eigenvalue weighted by atomic mass is 19.1. The third-order valence-electron chi connectivity index (χ3n) is 4.03. The third-order valence-corrected chi connectivity index (χ3v) is 4.03. The average molecular weight is 289 g/mol. The molecule has 2 nitrogen and oxygen atoms in total. The smallest absolute Gasteiger partial charge is 0.146 e. The van der Waals surface area contributed by atoms with Crippen LogP contribution in [0.1, 0.15) is 5.56 Å². The van der Waals surface area contributed by atoms with Gasteiger partial charge in [-0.2, -0.15) is 0 Å². The Balaban J connectivity index is 1.58. The van der Waals surface area contributed by atoms with Gasteiger partial charge in [-0.3, -0.25) is 0 Å². The van der Waals surface area contributed by atoms with E-state index in [1.807, 2.05) is 24.3 Å². The zero-order valence-electron chi connectivity index (χ0n) is 11.9. The largest absolute Gasteiger partial charge is 0.358 e. The lowest BCUT2D eigenvalue weighted by Gasteiger charge is -2.33. The molecular weight excluding hydrogens is 270 g/mol. The zero-order chi connectivity index (χ0) is 14.7. The van der Waals surface area contributed by atoms with Gasteiger partial charge in [0.05, 0.1) is 31.9 Å². The number of hydrogen-bond acceptors (Lipinski definition) is 1. The molecule has 0 aromatic heterocycles. The lowest BCUT2D eigenvalue weighted by molar-refractivity contribution is -0.914. The van der Waals surface area contributed by atoms with Crippen molar-refractivity contribution in [3.8, 4) is 0 Å². The molecule has 2 aromatic rings. The minimum Gasteiger partial charge on any atom is -0.358 e. The number of rotatable bonds is 3. The van der Waals surface area contributed by atoms with Gasteiger partial charge in [-0.05, 0) is 24.3 Å². The van der Waals surface area contributed by atoms with Crippen LogP contribution >= 0.6 is 0 Å². The van der Waals surface area contributed by atoms with Gasteiger partial charge in [0.1, 0.15) is 18.2 Å². The molecule has 0 unspecified atom stereocenters. The molecule has 0 radical (unpaired) electrons. The quantitative estimate of drug-likeness (QED) is 0.906. The van der Waals surface area contributed by atoms with E-state index in [1.54, 1.807) is 6.07 Å². The number of nitrogens with zero attached hydrogens (tertiary/aromatic N) is 1. The maximum absolute atomic E-state index is 13.8. The third kappa shape index (κ3) is 3.39. The van der Waals surface area contributed by atoms with Gasteiger partial charge >= 0.3 is 0 Å². The van der Waals surface area contributed by atoms with Crippen molar-refractivity contribution < 1.29 is 13.7 Å². The van der Waals surface area contributed by atoms with E-state index in [9.17, 15) is 8.78 Å². The SMILES string of the molecule is Fc1ccc(C[NH+]2CCN(c3ccccc3F)CC2)cc1. The summed E-state index contributed by atoms with van der Waals surface area (Å²) >= 11 is 0. The molecule has 1 saturated heterocycles. The monoisotopic (exact) mass is 289 g/mol. The Bertz CT molecular complexity index is 590. The molecule has 3 rings (SSSR count). The second kappa shape index (κ2) is 6.22. The molecule has 0 atom stereocenters. The first-order valence-electron chi connectivity index (χ1n) is 7.30. The Kier molecular flexibility index (Phi) is 4.15. The van der Waals surface area contributed by atoms with Crippen LogP contribution in [0.2, 0.25) is 0 Å². The van der Waals surface area contributed by atoms with E-state index in [2.05, 4.69) is 4.90 Å².